The van der Waals surface area contributed by atoms with Crippen molar-refractivity contribution in [1.29, 1.82) is 0 Å². The fourth-order valence-corrected chi connectivity index (χ4v) is 5.58. The van der Waals surface area contributed by atoms with Crippen LogP contribution in [-0.2, 0) is 17.1 Å². The van der Waals surface area contributed by atoms with Crippen LogP contribution in [0.1, 0.15) is 58.4 Å². The van der Waals surface area contributed by atoms with Crippen LogP contribution in [0.4, 0.5) is 17.1 Å². The number of benzene rings is 3. The third kappa shape index (κ3) is 11.7. The summed E-state index contributed by atoms with van der Waals surface area (Å²) in [4.78, 5) is 4.82. The van der Waals surface area contributed by atoms with E-state index in [1.807, 2.05) is 13.8 Å². The fraction of sp³-hybridized carbons (Fsp3) is 0.382. The maximum Gasteiger partial charge on any atom is 1.00 e. The van der Waals surface area contributed by atoms with E-state index in [0.29, 0.717) is 0 Å². The fourth-order valence-electron chi connectivity index (χ4n) is 4.77. The van der Waals surface area contributed by atoms with Crippen LogP contribution in [0.3, 0.4) is 0 Å². The molecule has 0 bridgehead atoms. The summed E-state index contributed by atoms with van der Waals surface area (Å²) < 4.78 is 4.72. The Hall–Kier alpha value is -2.38. The van der Waals surface area contributed by atoms with Gasteiger partial charge in [-0.15, -0.1) is 5.69 Å². The summed E-state index contributed by atoms with van der Waals surface area (Å²) in [7, 11) is -1.05. The van der Waals surface area contributed by atoms with E-state index in [0.717, 1.165) is 28.5 Å². The molecule has 0 aliphatic carbocycles. The Balaban J connectivity index is 0.000000460. The Morgan fingerprint density at radius 3 is 1.49 bits per heavy atom. The van der Waals surface area contributed by atoms with Crippen molar-refractivity contribution in [3.63, 3.8) is 0 Å². The first-order chi connectivity index (χ1) is 17.5. The molecule has 3 rings (SSSR count). The van der Waals surface area contributed by atoms with Gasteiger partial charge in [0.2, 0.25) is 0 Å². The summed E-state index contributed by atoms with van der Waals surface area (Å²) >= 11 is 0. The zero-order valence-corrected chi connectivity index (χ0v) is 28.0. The van der Waals surface area contributed by atoms with Crippen molar-refractivity contribution in [2.24, 2.45) is 9.74 Å². The maximum atomic E-state index is 4.82. The van der Waals surface area contributed by atoms with Crippen LogP contribution in [0.25, 0.3) is 5.32 Å². The average molecular weight is 592 g/mol. The second kappa shape index (κ2) is 14.8. The van der Waals surface area contributed by atoms with Gasteiger partial charge in [-0.05, 0) is 124 Å². The van der Waals surface area contributed by atoms with Gasteiger partial charge in [-0.2, -0.15) is 5.70 Å². The zero-order chi connectivity index (χ0) is 28.8. The predicted octanol–water partition coefficient (Wildman–Crippen LogP) is 11.3. The number of hydrogen-bond donors (Lipinski definition) is 0. The quantitative estimate of drug-likeness (QED) is 0.161. The predicted molar refractivity (Wildman–Crippen MR) is 174 cm³/mol. The van der Waals surface area contributed by atoms with Gasteiger partial charge in [0.1, 0.15) is 0 Å². The van der Waals surface area contributed by atoms with E-state index in [1.165, 1.54) is 44.5 Å². The molecule has 0 unspecified atom stereocenters. The van der Waals surface area contributed by atoms with Crippen LogP contribution in [0.5, 0.6) is 0 Å². The van der Waals surface area contributed by atoms with Gasteiger partial charge in [0, 0.05) is 5.71 Å². The molecular formula is C34H47CuN3P. The molecule has 0 radical (unpaired) electrons. The van der Waals surface area contributed by atoms with E-state index in [4.69, 9.17) is 15.1 Å². The molecule has 0 spiro atoms. The third-order valence-corrected chi connectivity index (χ3v) is 6.72. The summed E-state index contributed by atoms with van der Waals surface area (Å²) in [6.07, 6.45) is 2.05. The van der Waals surface area contributed by atoms with Crippen molar-refractivity contribution in [1.82, 2.24) is 0 Å². The standard InChI is InChI=1S/C23H29N2.C11H18NP.Cu/c1-14-9-16(3)22(17(4)10-14)24-20(7)13-21(8)25-23-18(5)11-15(2)12-19(23)6;1-9-6-10(2)8-11(7-9)12-13(3,4)5;/h9-13H,1-8H3;6-8H,1-5H3;/q-1;;+1/b20-13-,25-21?;;. The number of allylic oxidation sites excluding steroid dienone is 2. The largest absolute Gasteiger partial charge is 1.00 e. The van der Waals surface area contributed by atoms with E-state index in [9.17, 15) is 0 Å². The number of aryl methyl sites for hydroxylation is 8. The van der Waals surface area contributed by atoms with Gasteiger partial charge in [0.25, 0.3) is 0 Å². The van der Waals surface area contributed by atoms with Crippen molar-refractivity contribution in [3.05, 3.63) is 104 Å². The van der Waals surface area contributed by atoms with Crippen LogP contribution in [-0.4, -0.2) is 25.7 Å². The molecule has 3 nitrogen and oxygen atoms in total. The van der Waals surface area contributed by atoms with Crippen molar-refractivity contribution in [2.45, 2.75) is 69.2 Å². The van der Waals surface area contributed by atoms with Gasteiger partial charge in [-0.3, -0.25) is 9.74 Å². The second-order valence-electron chi connectivity index (χ2n) is 11.5. The summed E-state index contributed by atoms with van der Waals surface area (Å²) in [6.45, 7) is 27.7. The zero-order valence-electron chi connectivity index (χ0n) is 26.2. The smallest absolute Gasteiger partial charge is 0.661 e. The Kier molecular flexibility index (Phi) is 13.2. The minimum absolute atomic E-state index is 0. The van der Waals surface area contributed by atoms with E-state index >= 15 is 0 Å². The molecule has 0 heterocycles. The van der Waals surface area contributed by atoms with Gasteiger partial charge in [0.05, 0.1) is 11.4 Å². The van der Waals surface area contributed by atoms with Gasteiger partial charge in [-0.1, -0.05) is 65.6 Å². The van der Waals surface area contributed by atoms with E-state index in [2.05, 4.69) is 124 Å². The molecule has 0 fully saturated rings. The van der Waals surface area contributed by atoms with E-state index in [1.54, 1.807) is 0 Å². The van der Waals surface area contributed by atoms with Crippen LogP contribution in [0.15, 0.2) is 64.0 Å². The molecular weight excluding hydrogens is 545 g/mol. The van der Waals surface area contributed by atoms with Crippen LogP contribution in [0.2, 0.25) is 0 Å². The number of nitrogens with zero attached hydrogens (tertiary/aromatic N) is 3. The van der Waals surface area contributed by atoms with E-state index in [-0.39, 0.29) is 17.1 Å². The second-order valence-corrected chi connectivity index (χ2v) is 15.6. The molecule has 0 saturated carbocycles. The topological polar surface area (TPSA) is 38.8 Å². The van der Waals surface area contributed by atoms with Crippen LogP contribution >= 0.6 is 7.05 Å². The monoisotopic (exact) mass is 591 g/mol. The Bertz CT molecular complexity index is 1350. The molecule has 0 N–H and O–H groups in total. The molecule has 39 heavy (non-hydrogen) atoms. The van der Waals surface area contributed by atoms with Crippen LogP contribution < -0.4 is 0 Å². The normalized spacial score (nSPS) is 11.8. The van der Waals surface area contributed by atoms with Gasteiger partial charge in [-0.25, -0.2) is 0 Å². The molecule has 0 aromatic heterocycles. The van der Waals surface area contributed by atoms with Gasteiger partial charge >= 0.3 is 17.1 Å². The number of hydrogen-bond acceptors (Lipinski definition) is 2. The van der Waals surface area contributed by atoms with Gasteiger partial charge < -0.3 is 5.32 Å². The van der Waals surface area contributed by atoms with Crippen molar-refractivity contribution < 1.29 is 17.1 Å². The SMILES string of the molecule is CC(/C=C(/C)[N-]c1c(C)cc(C)cc1C)=Nc1c(C)cc(C)cc1C.Cc1cc(C)cc(N=P(C)(C)C)c1.[Cu+]. The Morgan fingerprint density at radius 1 is 0.641 bits per heavy atom. The summed E-state index contributed by atoms with van der Waals surface area (Å²) in [5, 5.41) is 4.82. The Labute approximate surface area is 249 Å². The molecule has 0 aliphatic rings. The van der Waals surface area contributed by atoms with Crippen LogP contribution in [0, 0.1) is 55.4 Å². The van der Waals surface area contributed by atoms with Crippen molar-refractivity contribution >= 4 is 29.8 Å². The minimum Gasteiger partial charge on any atom is -0.661 e. The minimum atomic E-state index is -1.05. The summed E-state index contributed by atoms with van der Waals surface area (Å²) in [5.74, 6) is 0. The molecule has 0 amide bonds. The summed E-state index contributed by atoms with van der Waals surface area (Å²) in [5.41, 5.74) is 15.2. The van der Waals surface area contributed by atoms with Crippen molar-refractivity contribution in [3.8, 4) is 0 Å². The molecule has 3 aromatic rings. The summed E-state index contributed by atoms with van der Waals surface area (Å²) in [6, 6.07) is 15.2. The van der Waals surface area contributed by atoms with Crippen molar-refractivity contribution in [2.75, 3.05) is 20.0 Å². The molecule has 0 atom stereocenters. The number of aliphatic imine (C=N–C) groups is 1. The first-order valence-electron chi connectivity index (χ1n) is 13.3. The first-order valence-corrected chi connectivity index (χ1v) is 16.4. The van der Waals surface area contributed by atoms with Gasteiger partial charge in [0.15, 0.2) is 0 Å². The molecule has 3 aromatic carbocycles. The Morgan fingerprint density at radius 2 is 1.05 bits per heavy atom. The molecule has 0 aliphatic heterocycles. The maximum absolute atomic E-state index is 4.82. The first kappa shape index (κ1) is 34.6. The molecule has 214 valence electrons. The third-order valence-electron chi connectivity index (χ3n) is 5.89. The molecule has 5 heteroatoms. The molecule has 0 saturated heterocycles. The average Bonchev–Trinajstić information content (AvgIpc) is 2.71. The number of rotatable bonds is 5. The van der Waals surface area contributed by atoms with E-state index < -0.39 is 7.05 Å².